The number of amides is 1. The number of hydrogen-bond donors (Lipinski definition) is 2. The van der Waals surface area contributed by atoms with Crippen molar-refractivity contribution in [2.45, 2.75) is 30.9 Å². The number of hydrogen-bond acceptors (Lipinski definition) is 3. The number of carboxylic acids is 1. The third kappa shape index (κ3) is 2.29. The topological polar surface area (TPSA) is 77.8 Å². The zero-order valence-electron chi connectivity index (χ0n) is 11.0. The lowest BCUT2D eigenvalue weighted by molar-refractivity contribution is -0.148. The molecule has 1 aromatic rings. The van der Waals surface area contributed by atoms with Crippen molar-refractivity contribution in [2.24, 2.45) is 5.92 Å². The second-order valence-corrected chi connectivity index (χ2v) is 5.59. The van der Waals surface area contributed by atoms with E-state index in [-0.39, 0.29) is 30.7 Å². The zero-order chi connectivity index (χ0) is 14.3. The first-order valence-corrected chi connectivity index (χ1v) is 6.84. The molecule has 3 unspecified atom stereocenters. The molecule has 1 saturated heterocycles. The number of aliphatic carboxylic acids is 1. The van der Waals surface area contributed by atoms with Gasteiger partial charge in [-0.3, -0.25) is 4.79 Å². The number of aliphatic hydroxyl groups is 1. The van der Waals surface area contributed by atoms with E-state index in [1.807, 2.05) is 30.3 Å². The van der Waals surface area contributed by atoms with Gasteiger partial charge in [-0.1, -0.05) is 30.3 Å². The van der Waals surface area contributed by atoms with Crippen molar-refractivity contribution in [3.63, 3.8) is 0 Å². The normalized spacial score (nSPS) is 32.1. The molecule has 1 aromatic carbocycles. The fraction of sp³-hybridized carbons (Fsp3) is 0.467. The Bertz CT molecular complexity index is 530. The minimum Gasteiger partial charge on any atom is -0.480 e. The Morgan fingerprint density at radius 3 is 2.50 bits per heavy atom. The third-order valence-electron chi connectivity index (χ3n) is 4.18. The molecule has 0 aromatic heterocycles. The van der Waals surface area contributed by atoms with Crippen molar-refractivity contribution < 1.29 is 19.8 Å². The van der Waals surface area contributed by atoms with Gasteiger partial charge in [-0.25, -0.2) is 4.79 Å². The van der Waals surface area contributed by atoms with Crippen LogP contribution in [-0.4, -0.2) is 45.7 Å². The molecule has 5 nitrogen and oxygen atoms in total. The SMILES string of the molecule is O=C(O)[C@@H]1CC(O)CN1C(=O)C1CC1c1ccccc1. The van der Waals surface area contributed by atoms with Gasteiger partial charge in [-0.05, 0) is 17.9 Å². The van der Waals surface area contributed by atoms with Crippen molar-refractivity contribution >= 4 is 11.9 Å². The summed E-state index contributed by atoms with van der Waals surface area (Å²) in [5.41, 5.74) is 1.12. The van der Waals surface area contributed by atoms with Gasteiger partial charge in [0.15, 0.2) is 0 Å². The molecule has 0 radical (unpaired) electrons. The van der Waals surface area contributed by atoms with Crippen LogP contribution >= 0.6 is 0 Å². The van der Waals surface area contributed by atoms with Crippen LogP contribution in [0.1, 0.15) is 24.3 Å². The summed E-state index contributed by atoms with van der Waals surface area (Å²) in [5.74, 6) is -1.12. The lowest BCUT2D eigenvalue weighted by Gasteiger charge is -2.21. The second kappa shape index (κ2) is 4.90. The Kier molecular flexibility index (Phi) is 3.22. The van der Waals surface area contributed by atoms with Crippen molar-refractivity contribution in [1.29, 1.82) is 0 Å². The predicted molar refractivity (Wildman–Crippen MR) is 71.1 cm³/mol. The van der Waals surface area contributed by atoms with Gasteiger partial charge in [0, 0.05) is 18.9 Å². The van der Waals surface area contributed by atoms with Crippen molar-refractivity contribution in [1.82, 2.24) is 4.90 Å². The van der Waals surface area contributed by atoms with Crippen LogP contribution in [0, 0.1) is 5.92 Å². The highest BCUT2D eigenvalue weighted by atomic mass is 16.4. The number of carboxylic acid groups (broad SMARTS) is 1. The lowest BCUT2D eigenvalue weighted by Crippen LogP contribution is -2.41. The van der Waals surface area contributed by atoms with E-state index < -0.39 is 18.1 Å². The molecule has 2 fully saturated rings. The largest absolute Gasteiger partial charge is 0.480 e. The van der Waals surface area contributed by atoms with Crippen molar-refractivity contribution in [3.05, 3.63) is 35.9 Å². The fourth-order valence-corrected chi connectivity index (χ4v) is 3.04. The average molecular weight is 275 g/mol. The van der Waals surface area contributed by atoms with Crippen LogP contribution in [0.2, 0.25) is 0 Å². The zero-order valence-corrected chi connectivity index (χ0v) is 11.0. The van der Waals surface area contributed by atoms with E-state index in [1.165, 1.54) is 4.90 Å². The fourth-order valence-electron chi connectivity index (χ4n) is 3.04. The molecule has 106 valence electrons. The van der Waals surface area contributed by atoms with Gasteiger partial charge in [0.2, 0.25) is 5.91 Å². The molecule has 0 bridgehead atoms. The number of benzene rings is 1. The Labute approximate surface area is 116 Å². The molecule has 20 heavy (non-hydrogen) atoms. The molecular formula is C15H17NO4. The van der Waals surface area contributed by atoms with Crippen LogP contribution in [0.3, 0.4) is 0 Å². The summed E-state index contributed by atoms with van der Waals surface area (Å²) < 4.78 is 0. The molecule has 2 N–H and O–H groups in total. The monoisotopic (exact) mass is 275 g/mol. The van der Waals surface area contributed by atoms with Gasteiger partial charge in [-0.2, -0.15) is 0 Å². The van der Waals surface area contributed by atoms with E-state index in [9.17, 15) is 14.7 Å². The lowest BCUT2D eigenvalue weighted by atomic mass is 10.1. The minimum atomic E-state index is -1.04. The minimum absolute atomic E-state index is 0.129. The molecule has 3 rings (SSSR count). The van der Waals surface area contributed by atoms with Crippen LogP contribution in [0.15, 0.2) is 30.3 Å². The van der Waals surface area contributed by atoms with E-state index in [0.29, 0.717) is 0 Å². The Morgan fingerprint density at radius 1 is 1.15 bits per heavy atom. The number of carbonyl (C=O) groups excluding carboxylic acids is 1. The number of rotatable bonds is 3. The van der Waals surface area contributed by atoms with Crippen LogP contribution in [-0.2, 0) is 9.59 Å². The van der Waals surface area contributed by atoms with E-state index in [1.54, 1.807) is 0 Å². The number of nitrogens with zero attached hydrogens (tertiary/aromatic N) is 1. The van der Waals surface area contributed by atoms with Crippen molar-refractivity contribution in [3.8, 4) is 0 Å². The molecule has 1 saturated carbocycles. The van der Waals surface area contributed by atoms with Crippen LogP contribution < -0.4 is 0 Å². The quantitative estimate of drug-likeness (QED) is 0.856. The molecule has 0 spiro atoms. The summed E-state index contributed by atoms with van der Waals surface area (Å²) in [6.07, 6.45) is 0.167. The van der Waals surface area contributed by atoms with Gasteiger partial charge >= 0.3 is 5.97 Å². The van der Waals surface area contributed by atoms with E-state index in [0.717, 1.165) is 12.0 Å². The highest BCUT2D eigenvalue weighted by Crippen LogP contribution is 2.49. The summed E-state index contributed by atoms with van der Waals surface area (Å²) in [7, 11) is 0. The maximum atomic E-state index is 12.4. The Morgan fingerprint density at radius 2 is 1.85 bits per heavy atom. The first-order chi connectivity index (χ1) is 9.58. The second-order valence-electron chi connectivity index (χ2n) is 5.59. The first-order valence-electron chi connectivity index (χ1n) is 6.84. The number of carbonyl (C=O) groups is 2. The molecule has 1 heterocycles. The van der Waals surface area contributed by atoms with E-state index >= 15 is 0 Å². The molecule has 1 amide bonds. The maximum absolute atomic E-state index is 12.4. The van der Waals surface area contributed by atoms with Gasteiger partial charge in [0.05, 0.1) is 6.10 Å². The molecule has 1 aliphatic carbocycles. The molecular weight excluding hydrogens is 258 g/mol. The van der Waals surface area contributed by atoms with E-state index in [4.69, 9.17) is 5.11 Å². The smallest absolute Gasteiger partial charge is 0.326 e. The third-order valence-corrected chi connectivity index (χ3v) is 4.18. The van der Waals surface area contributed by atoms with Gasteiger partial charge in [-0.15, -0.1) is 0 Å². The first kappa shape index (κ1) is 13.1. The van der Waals surface area contributed by atoms with Crippen LogP contribution in [0.5, 0.6) is 0 Å². The maximum Gasteiger partial charge on any atom is 0.326 e. The van der Waals surface area contributed by atoms with Crippen molar-refractivity contribution in [2.75, 3.05) is 6.54 Å². The highest BCUT2D eigenvalue weighted by molar-refractivity contribution is 5.88. The Balaban J connectivity index is 1.70. The van der Waals surface area contributed by atoms with Crippen LogP contribution in [0.25, 0.3) is 0 Å². The van der Waals surface area contributed by atoms with E-state index in [2.05, 4.69) is 0 Å². The molecule has 1 aliphatic heterocycles. The average Bonchev–Trinajstić information content (AvgIpc) is 3.14. The summed E-state index contributed by atoms with van der Waals surface area (Å²) >= 11 is 0. The standard InChI is InChI=1S/C15H17NO4/c17-10-6-13(15(19)20)16(8-10)14(18)12-7-11(12)9-4-2-1-3-5-9/h1-5,10-13,17H,6-8H2,(H,19,20)/t10?,11?,12?,13-/m0/s1. The molecule has 5 heteroatoms. The van der Waals surface area contributed by atoms with Gasteiger partial charge in [0.1, 0.15) is 6.04 Å². The highest BCUT2D eigenvalue weighted by Gasteiger charge is 2.49. The van der Waals surface area contributed by atoms with Gasteiger partial charge < -0.3 is 15.1 Å². The molecule has 4 atom stereocenters. The number of aliphatic hydroxyl groups excluding tert-OH is 1. The number of likely N-dealkylation sites (tertiary alicyclic amines) is 1. The summed E-state index contributed by atoms with van der Waals surface area (Å²) in [6, 6.07) is 8.91. The summed E-state index contributed by atoms with van der Waals surface area (Å²) in [4.78, 5) is 24.9. The Hall–Kier alpha value is -1.88. The van der Waals surface area contributed by atoms with Gasteiger partial charge in [0.25, 0.3) is 0 Å². The van der Waals surface area contributed by atoms with Crippen LogP contribution in [0.4, 0.5) is 0 Å². The summed E-state index contributed by atoms with van der Waals surface area (Å²) in [6.45, 7) is 0.133. The predicted octanol–water partition coefficient (Wildman–Crippen LogP) is 0.836. The molecule has 2 aliphatic rings. The summed E-state index contributed by atoms with van der Waals surface area (Å²) in [5, 5.41) is 18.7. The number of β-amino-alcohol motifs (C(OH)–C–C–N with tert-alkyl or cyclic N) is 1.